The van der Waals surface area contributed by atoms with Gasteiger partial charge in [-0.05, 0) is 13.0 Å². The van der Waals surface area contributed by atoms with E-state index in [0.717, 1.165) is 7.11 Å². The number of hydrogen-bond acceptors (Lipinski definition) is 4. The van der Waals surface area contributed by atoms with Gasteiger partial charge >= 0.3 is 12.1 Å². The Morgan fingerprint density at radius 2 is 2.07 bits per heavy atom. The third-order valence-corrected chi connectivity index (χ3v) is 1.10. The van der Waals surface area contributed by atoms with Crippen LogP contribution in [0.2, 0.25) is 0 Å². The van der Waals surface area contributed by atoms with E-state index in [-0.39, 0.29) is 12.7 Å². The van der Waals surface area contributed by atoms with Crippen LogP contribution in [-0.4, -0.2) is 31.6 Å². The van der Waals surface area contributed by atoms with E-state index < -0.39 is 17.9 Å². The van der Waals surface area contributed by atoms with Gasteiger partial charge in [0.1, 0.15) is 7.11 Å². The minimum Gasteiger partial charge on any atom is -0.461 e. The lowest BCUT2D eigenvalue weighted by Crippen LogP contribution is -2.16. The average Bonchev–Trinajstić information content (AvgIpc) is 2.11. The summed E-state index contributed by atoms with van der Waals surface area (Å²) in [6.07, 6.45) is -4.15. The number of nitrogens with zero attached hydrogens (tertiary/aromatic N) is 1. The van der Waals surface area contributed by atoms with Crippen molar-refractivity contribution in [2.24, 2.45) is 5.16 Å². The number of alkyl halides is 3. The van der Waals surface area contributed by atoms with Gasteiger partial charge in [-0.2, -0.15) is 13.2 Å². The lowest BCUT2D eigenvalue weighted by Gasteiger charge is -2.01. The van der Waals surface area contributed by atoms with Crippen LogP contribution < -0.4 is 0 Å². The SMILES string of the molecule is CCOC(=O)C(C=CC(F)(F)F)=NOC. The fourth-order valence-electron chi connectivity index (χ4n) is 0.613. The van der Waals surface area contributed by atoms with Crippen LogP contribution in [0.4, 0.5) is 13.2 Å². The standard InChI is InChI=1S/C8H10F3NO3/c1-3-15-7(13)6(12-14-2)4-5-8(9,10)11/h4-5H,3H2,1-2H3. The Morgan fingerprint density at radius 3 is 2.47 bits per heavy atom. The van der Waals surface area contributed by atoms with E-state index in [0.29, 0.717) is 6.08 Å². The number of oxime groups is 1. The van der Waals surface area contributed by atoms with E-state index in [2.05, 4.69) is 14.7 Å². The molecule has 0 heterocycles. The second-order valence-corrected chi connectivity index (χ2v) is 2.25. The Morgan fingerprint density at radius 1 is 1.47 bits per heavy atom. The molecule has 0 aromatic heterocycles. The van der Waals surface area contributed by atoms with E-state index in [9.17, 15) is 18.0 Å². The predicted octanol–water partition coefficient (Wildman–Crippen LogP) is 1.67. The van der Waals surface area contributed by atoms with Gasteiger partial charge in [0.25, 0.3) is 0 Å². The Labute approximate surface area is 84.3 Å². The fourth-order valence-corrected chi connectivity index (χ4v) is 0.613. The molecule has 0 fully saturated rings. The van der Waals surface area contributed by atoms with Crippen LogP contribution in [0.5, 0.6) is 0 Å². The molecule has 0 N–H and O–H groups in total. The molecule has 0 unspecified atom stereocenters. The number of rotatable bonds is 4. The summed E-state index contributed by atoms with van der Waals surface area (Å²) in [7, 11) is 1.11. The summed E-state index contributed by atoms with van der Waals surface area (Å²) < 4.78 is 39.8. The van der Waals surface area contributed by atoms with Crippen molar-refractivity contribution < 1.29 is 27.5 Å². The molecule has 0 aromatic carbocycles. The summed E-state index contributed by atoms with van der Waals surface area (Å²) >= 11 is 0. The van der Waals surface area contributed by atoms with E-state index in [1.54, 1.807) is 0 Å². The normalized spacial score (nSPS) is 13.0. The Balaban J connectivity index is 4.63. The first-order valence-corrected chi connectivity index (χ1v) is 3.95. The molecule has 0 spiro atoms. The van der Waals surface area contributed by atoms with Gasteiger partial charge in [0.15, 0.2) is 5.71 Å². The van der Waals surface area contributed by atoms with Crippen LogP contribution in [0, 0.1) is 0 Å². The molecule has 0 aromatic rings. The molecule has 0 saturated carbocycles. The van der Waals surface area contributed by atoms with E-state index in [4.69, 9.17) is 0 Å². The summed E-state index contributed by atoms with van der Waals surface area (Å²) in [5.74, 6) is -0.972. The molecule has 0 aliphatic heterocycles. The van der Waals surface area contributed by atoms with Crippen molar-refractivity contribution in [3.05, 3.63) is 12.2 Å². The molecule has 0 saturated heterocycles. The van der Waals surface area contributed by atoms with Gasteiger partial charge in [0.2, 0.25) is 0 Å². The van der Waals surface area contributed by atoms with Crippen molar-refractivity contribution in [1.82, 2.24) is 0 Å². The molecule has 0 atom stereocenters. The second kappa shape index (κ2) is 6.05. The summed E-state index contributed by atoms with van der Waals surface area (Å²) in [4.78, 5) is 15.2. The van der Waals surface area contributed by atoms with E-state index in [1.807, 2.05) is 0 Å². The van der Waals surface area contributed by atoms with Crippen molar-refractivity contribution in [3.63, 3.8) is 0 Å². The van der Waals surface area contributed by atoms with Crippen LogP contribution in [0.3, 0.4) is 0 Å². The average molecular weight is 225 g/mol. The molecule has 7 heteroatoms. The molecular formula is C8H10F3NO3. The second-order valence-electron chi connectivity index (χ2n) is 2.25. The molecule has 0 amide bonds. The molecule has 0 aliphatic carbocycles. The summed E-state index contributed by atoms with van der Waals surface area (Å²) in [5, 5.41) is 3.10. The topological polar surface area (TPSA) is 47.9 Å². The first kappa shape index (κ1) is 13.5. The lowest BCUT2D eigenvalue weighted by atomic mass is 10.3. The highest BCUT2D eigenvalue weighted by Crippen LogP contribution is 2.15. The Kier molecular flexibility index (Phi) is 5.43. The number of carbonyl (C=O) groups excluding carboxylic acids is 1. The summed E-state index contributed by atoms with van der Waals surface area (Å²) in [5.41, 5.74) is -0.545. The first-order chi connectivity index (χ1) is 6.90. The monoisotopic (exact) mass is 225 g/mol. The van der Waals surface area contributed by atoms with Crippen molar-refractivity contribution in [2.75, 3.05) is 13.7 Å². The van der Waals surface area contributed by atoms with Crippen LogP contribution in [0.15, 0.2) is 17.3 Å². The number of hydrogen-bond donors (Lipinski definition) is 0. The molecule has 0 radical (unpaired) electrons. The maximum Gasteiger partial charge on any atom is 0.409 e. The minimum atomic E-state index is -4.51. The number of ether oxygens (including phenoxy) is 1. The number of halogens is 3. The lowest BCUT2D eigenvalue weighted by molar-refractivity contribution is -0.135. The smallest absolute Gasteiger partial charge is 0.409 e. The number of esters is 1. The van der Waals surface area contributed by atoms with Gasteiger partial charge in [-0.15, -0.1) is 0 Å². The Bertz CT molecular complexity index is 271. The maximum atomic E-state index is 11.8. The van der Waals surface area contributed by atoms with Gasteiger partial charge < -0.3 is 9.57 Å². The zero-order chi connectivity index (χ0) is 11.9. The number of carbonyl (C=O) groups is 1. The van der Waals surface area contributed by atoms with E-state index in [1.165, 1.54) is 6.92 Å². The van der Waals surface area contributed by atoms with Crippen molar-refractivity contribution in [3.8, 4) is 0 Å². The zero-order valence-electron chi connectivity index (χ0n) is 8.17. The molecule has 0 rings (SSSR count). The van der Waals surface area contributed by atoms with Crippen molar-refractivity contribution >= 4 is 11.7 Å². The highest BCUT2D eigenvalue weighted by molar-refractivity contribution is 6.41. The third kappa shape index (κ3) is 6.53. The van der Waals surface area contributed by atoms with Gasteiger partial charge in [-0.25, -0.2) is 4.79 Å². The highest BCUT2D eigenvalue weighted by atomic mass is 19.4. The molecule has 0 bridgehead atoms. The highest BCUT2D eigenvalue weighted by Gasteiger charge is 2.23. The summed E-state index contributed by atoms with van der Waals surface area (Å²) in [6.45, 7) is 1.57. The first-order valence-electron chi connectivity index (χ1n) is 3.95. The minimum absolute atomic E-state index is 0.0431. The van der Waals surface area contributed by atoms with Gasteiger partial charge in [-0.3, -0.25) is 0 Å². The van der Waals surface area contributed by atoms with Crippen molar-refractivity contribution in [2.45, 2.75) is 13.1 Å². The molecule has 15 heavy (non-hydrogen) atoms. The third-order valence-electron chi connectivity index (χ3n) is 1.10. The maximum absolute atomic E-state index is 11.8. The molecule has 4 nitrogen and oxygen atoms in total. The van der Waals surface area contributed by atoms with Crippen LogP contribution in [0.1, 0.15) is 6.92 Å². The van der Waals surface area contributed by atoms with Gasteiger partial charge in [0.05, 0.1) is 6.61 Å². The van der Waals surface area contributed by atoms with E-state index >= 15 is 0 Å². The summed E-state index contributed by atoms with van der Waals surface area (Å²) in [6, 6.07) is 0. The predicted molar refractivity (Wildman–Crippen MR) is 46.3 cm³/mol. The number of allylic oxidation sites excluding steroid dienone is 1. The molecule has 86 valence electrons. The zero-order valence-corrected chi connectivity index (χ0v) is 8.17. The van der Waals surface area contributed by atoms with Crippen LogP contribution in [-0.2, 0) is 14.4 Å². The van der Waals surface area contributed by atoms with Crippen molar-refractivity contribution in [1.29, 1.82) is 0 Å². The fraction of sp³-hybridized carbons (Fsp3) is 0.500. The largest absolute Gasteiger partial charge is 0.461 e. The van der Waals surface area contributed by atoms with Gasteiger partial charge in [-0.1, -0.05) is 5.16 Å². The van der Waals surface area contributed by atoms with Gasteiger partial charge in [0, 0.05) is 6.08 Å². The quantitative estimate of drug-likeness (QED) is 0.415. The molecule has 0 aliphatic rings. The molecular weight excluding hydrogens is 215 g/mol. The van der Waals surface area contributed by atoms with Crippen LogP contribution in [0.25, 0.3) is 0 Å². The Hall–Kier alpha value is -1.53. The van der Waals surface area contributed by atoms with Crippen LogP contribution >= 0.6 is 0 Å².